The molecule has 1 atom stereocenters. The van der Waals surface area contributed by atoms with E-state index in [-0.39, 0.29) is 0 Å². The van der Waals surface area contributed by atoms with Crippen LogP contribution < -0.4 is 0 Å². The first-order chi connectivity index (χ1) is 8.82. The van der Waals surface area contributed by atoms with Crippen LogP contribution in [0, 0.1) is 26.2 Å². The minimum absolute atomic E-state index is 0.576. The molecule has 104 valence electrons. The van der Waals surface area contributed by atoms with E-state index >= 15 is 0 Å². The van der Waals surface area contributed by atoms with Gasteiger partial charge in [-0.25, -0.2) is 0 Å². The summed E-state index contributed by atoms with van der Waals surface area (Å²) < 4.78 is 0. The Morgan fingerprint density at radius 2 is 1.89 bits per heavy atom. The van der Waals surface area contributed by atoms with Gasteiger partial charge in [0.15, 0.2) is 0 Å². The van der Waals surface area contributed by atoms with Crippen LogP contribution in [-0.2, 0) is 11.3 Å². The highest BCUT2D eigenvalue weighted by atomic mass is 16.4. The lowest BCUT2D eigenvalue weighted by atomic mass is 9.90. The number of hydrogen-bond donors (Lipinski definition) is 1. The average molecular weight is 261 g/mol. The Balaban J connectivity index is 2.12. The lowest BCUT2D eigenvalue weighted by molar-refractivity contribution is -0.147. The van der Waals surface area contributed by atoms with Gasteiger partial charge < -0.3 is 5.11 Å². The number of carboxylic acids is 1. The van der Waals surface area contributed by atoms with Crippen molar-refractivity contribution in [3.05, 3.63) is 34.4 Å². The fourth-order valence-corrected chi connectivity index (χ4v) is 2.80. The zero-order valence-corrected chi connectivity index (χ0v) is 12.3. The van der Waals surface area contributed by atoms with Crippen molar-refractivity contribution in [1.82, 2.24) is 4.90 Å². The van der Waals surface area contributed by atoms with Gasteiger partial charge in [0.05, 0.1) is 5.41 Å². The van der Waals surface area contributed by atoms with E-state index in [0.29, 0.717) is 6.54 Å². The van der Waals surface area contributed by atoms with Crippen molar-refractivity contribution in [3.8, 4) is 0 Å². The molecule has 19 heavy (non-hydrogen) atoms. The van der Waals surface area contributed by atoms with Gasteiger partial charge >= 0.3 is 5.97 Å². The molecule has 0 amide bonds. The average Bonchev–Trinajstić information content (AvgIpc) is 2.69. The van der Waals surface area contributed by atoms with Crippen LogP contribution in [0.1, 0.15) is 35.6 Å². The van der Waals surface area contributed by atoms with Gasteiger partial charge in [0.1, 0.15) is 0 Å². The quantitative estimate of drug-likeness (QED) is 0.909. The van der Waals surface area contributed by atoms with Crippen molar-refractivity contribution in [1.29, 1.82) is 0 Å². The number of nitrogens with zero attached hydrogens (tertiary/aromatic N) is 1. The molecule has 0 spiro atoms. The number of rotatable bonds is 3. The Kier molecular flexibility index (Phi) is 3.68. The Labute approximate surface area is 115 Å². The number of hydrogen-bond acceptors (Lipinski definition) is 2. The number of carbonyl (C=O) groups is 1. The van der Waals surface area contributed by atoms with Crippen molar-refractivity contribution in [2.45, 2.75) is 40.7 Å². The Morgan fingerprint density at radius 1 is 1.26 bits per heavy atom. The molecular formula is C16H23NO2. The monoisotopic (exact) mass is 261 g/mol. The molecule has 3 heteroatoms. The first-order valence-corrected chi connectivity index (χ1v) is 6.84. The SMILES string of the molecule is Cc1cc(C)c(CN2CCC(C)(C(=O)O)C2)cc1C. The maximum absolute atomic E-state index is 11.3. The Hall–Kier alpha value is -1.35. The van der Waals surface area contributed by atoms with E-state index in [1.165, 1.54) is 22.3 Å². The van der Waals surface area contributed by atoms with Crippen molar-refractivity contribution < 1.29 is 9.90 Å². The third-order valence-corrected chi connectivity index (χ3v) is 4.41. The highest BCUT2D eigenvalue weighted by Gasteiger charge is 2.40. The molecule has 1 N–H and O–H groups in total. The summed E-state index contributed by atoms with van der Waals surface area (Å²) in [7, 11) is 0. The van der Waals surface area contributed by atoms with Gasteiger partial charge in [0, 0.05) is 13.1 Å². The predicted octanol–water partition coefficient (Wildman–Crippen LogP) is 2.91. The summed E-state index contributed by atoms with van der Waals surface area (Å²) in [6.45, 7) is 10.6. The second-order valence-corrected chi connectivity index (χ2v) is 6.19. The summed E-state index contributed by atoms with van der Waals surface area (Å²) in [4.78, 5) is 13.5. The van der Waals surface area contributed by atoms with Crippen LogP contribution in [0.25, 0.3) is 0 Å². The molecule has 3 nitrogen and oxygen atoms in total. The molecule has 0 aromatic heterocycles. The molecule has 1 saturated heterocycles. The number of aryl methyl sites for hydroxylation is 3. The third-order valence-electron chi connectivity index (χ3n) is 4.41. The molecule has 1 aliphatic rings. The van der Waals surface area contributed by atoms with Crippen molar-refractivity contribution >= 4 is 5.97 Å². The molecule has 0 saturated carbocycles. The highest BCUT2D eigenvalue weighted by Crippen LogP contribution is 2.31. The summed E-state index contributed by atoms with van der Waals surface area (Å²) in [6.07, 6.45) is 0.742. The van der Waals surface area contributed by atoms with Gasteiger partial charge in [0.25, 0.3) is 0 Å². The van der Waals surface area contributed by atoms with Gasteiger partial charge in [0.2, 0.25) is 0 Å². The molecule has 1 aromatic carbocycles. The molecule has 1 aromatic rings. The molecule has 0 aliphatic carbocycles. The van der Waals surface area contributed by atoms with Gasteiger partial charge in [-0.05, 0) is 62.9 Å². The molecule has 2 rings (SSSR count). The second-order valence-electron chi connectivity index (χ2n) is 6.19. The predicted molar refractivity (Wildman–Crippen MR) is 76.3 cm³/mol. The first kappa shape index (κ1) is 14.1. The molecule has 0 radical (unpaired) electrons. The van der Waals surface area contributed by atoms with Crippen LogP contribution in [-0.4, -0.2) is 29.1 Å². The molecular weight excluding hydrogens is 238 g/mol. The van der Waals surface area contributed by atoms with E-state index in [0.717, 1.165) is 19.5 Å². The lowest BCUT2D eigenvalue weighted by Crippen LogP contribution is -2.31. The molecule has 1 aliphatic heterocycles. The van der Waals surface area contributed by atoms with E-state index < -0.39 is 11.4 Å². The summed E-state index contributed by atoms with van der Waals surface area (Å²) in [5, 5.41) is 9.26. The summed E-state index contributed by atoms with van der Waals surface area (Å²) in [5.74, 6) is -0.674. The molecule has 1 unspecified atom stereocenters. The van der Waals surface area contributed by atoms with Crippen molar-refractivity contribution in [3.63, 3.8) is 0 Å². The van der Waals surface area contributed by atoms with Gasteiger partial charge in [-0.15, -0.1) is 0 Å². The van der Waals surface area contributed by atoms with E-state index in [1.807, 2.05) is 6.92 Å². The zero-order chi connectivity index (χ0) is 14.2. The number of benzene rings is 1. The van der Waals surface area contributed by atoms with Crippen LogP contribution in [0.15, 0.2) is 12.1 Å². The van der Waals surface area contributed by atoms with Gasteiger partial charge in [-0.2, -0.15) is 0 Å². The van der Waals surface area contributed by atoms with E-state index in [2.05, 4.69) is 37.8 Å². The topological polar surface area (TPSA) is 40.5 Å². The summed E-state index contributed by atoms with van der Waals surface area (Å²) >= 11 is 0. The van der Waals surface area contributed by atoms with Crippen LogP contribution >= 0.6 is 0 Å². The van der Waals surface area contributed by atoms with E-state index in [4.69, 9.17) is 0 Å². The largest absolute Gasteiger partial charge is 0.481 e. The van der Waals surface area contributed by atoms with Gasteiger partial charge in [-0.1, -0.05) is 12.1 Å². The fourth-order valence-electron chi connectivity index (χ4n) is 2.80. The summed E-state index contributed by atoms with van der Waals surface area (Å²) in [5.41, 5.74) is 4.66. The number of likely N-dealkylation sites (tertiary alicyclic amines) is 1. The highest BCUT2D eigenvalue weighted by molar-refractivity contribution is 5.74. The van der Waals surface area contributed by atoms with Gasteiger partial charge in [-0.3, -0.25) is 9.69 Å². The maximum atomic E-state index is 11.3. The minimum atomic E-state index is -0.674. The van der Waals surface area contributed by atoms with Crippen molar-refractivity contribution in [2.24, 2.45) is 5.41 Å². The molecule has 0 bridgehead atoms. The maximum Gasteiger partial charge on any atom is 0.310 e. The fraction of sp³-hybridized carbons (Fsp3) is 0.562. The summed E-state index contributed by atoms with van der Waals surface area (Å²) in [6, 6.07) is 4.46. The Morgan fingerprint density at radius 3 is 2.47 bits per heavy atom. The van der Waals surface area contributed by atoms with Crippen LogP contribution in [0.5, 0.6) is 0 Å². The first-order valence-electron chi connectivity index (χ1n) is 6.84. The molecule has 1 heterocycles. The smallest absolute Gasteiger partial charge is 0.310 e. The number of aliphatic carboxylic acids is 1. The number of carboxylic acid groups (broad SMARTS) is 1. The second kappa shape index (κ2) is 4.97. The standard InChI is InChI=1S/C16H23NO2/c1-11-7-13(3)14(8-12(11)2)9-17-6-5-16(4,10-17)15(18)19/h7-8H,5-6,9-10H2,1-4H3,(H,18,19). The molecule has 1 fully saturated rings. The van der Waals surface area contributed by atoms with Crippen LogP contribution in [0.2, 0.25) is 0 Å². The van der Waals surface area contributed by atoms with Crippen LogP contribution in [0.4, 0.5) is 0 Å². The Bertz CT molecular complexity index is 510. The van der Waals surface area contributed by atoms with E-state index in [9.17, 15) is 9.90 Å². The van der Waals surface area contributed by atoms with E-state index in [1.54, 1.807) is 0 Å². The minimum Gasteiger partial charge on any atom is -0.481 e. The zero-order valence-electron chi connectivity index (χ0n) is 12.3. The third kappa shape index (κ3) is 2.81. The lowest BCUT2D eigenvalue weighted by Gasteiger charge is -2.21. The van der Waals surface area contributed by atoms with Crippen molar-refractivity contribution in [2.75, 3.05) is 13.1 Å². The van der Waals surface area contributed by atoms with Crippen LogP contribution in [0.3, 0.4) is 0 Å². The normalized spacial score (nSPS) is 23.8.